The van der Waals surface area contributed by atoms with E-state index in [-0.39, 0.29) is 29.4 Å². The summed E-state index contributed by atoms with van der Waals surface area (Å²) in [5, 5.41) is 13.6. The third-order valence-corrected chi connectivity index (χ3v) is 2.88. The number of hydrogen-bond donors (Lipinski definition) is 2. The molecule has 0 saturated carbocycles. The zero-order valence-electron chi connectivity index (χ0n) is 12.7. The van der Waals surface area contributed by atoms with Gasteiger partial charge in [0.05, 0.1) is 5.71 Å². The summed E-state index contributed by atoms with van der Waals surface area (Å²) in [7, 11) is 0. The molecule has 7 heteroatoms. The van der Waals surface area contributed by atoms with Crippen molar-refractivity contribution in [3.8, 4) is 11.5 Å². The highest BCUT2D eigenvalue weighted by Crippen LogP contribution is 2.15. The normalized spacial score (nSPS) is 11.1. The van der Waals surface area contributed by atoms with Gasteiger partial charge in [-0.2, -0.15) is 5.10 Å². The maximum Gasteiger partial charge on any atom is 0.348 e. The number of amides is 1. The van der Waals surface area contributed by atoms with Crippen LogP contribution < -0.4 is 15.8 Å². The van der Waals surface area contributed by atoms with Crippen molar-refractivity contribution >= 4 is 11.6 Å². The van der Waals surface area contributed by atoms with E-state index in [1.807, 2.05) is 6.07 Å². The van der Waals surface area contributed by atoms with Crippen LogP contribution in [-0.2, 0) is 4.79 Å². The maximum absolute atomic E-state index is 11.7. The van der Waals surface area contributed by atoms with Crippen molar-refractivity contribution in [3.05, 3.63) is 58.1 Å². The molecule has 0 atom stereocenters. The van der Waals surface area contributed by atoms with Crippen molar-refractivity contribution in [1.29, 1.82) is 0 Å². The van der Waals surface area contributed by atoms with Gasteiger partial charge < -0.3 is 14.3 Å². The number of ether oxygens (including phenoxy) is 1. The van der Waals surface area contributed by atoms with Crippen LogP contribution in [0.25, 0.3) is 0 Å². The molecule has 2 rings (SSSR count). The lowest BCUT2D eigenvalue weighted by atomic mass is 10.2. The Hall–Kier alpha value is -3.09. The Kier molecular flexibility index (Phi) is 5.14. The van der Waals surface area contributed by atoms with Crippen LogP contribution in [0.2, 0.25) is 0 Å². The Morgan fingerprint density at radius 2 is 2.04 bits per heavy atom. The van der Waals surface area contributed by atoms with Crippen LogP contribution in [0.3, 0.4) is 0 Å². The molecule has 0 spiro atoms. The topological polar surface area (TPSA) is 101 Å². The van der Waals surface area contributed by atoms with Crippen LogP contribution in [0.5, 0.6) is 11.5 Å². The predicted octanol–water partition coefficient (Wildman–Crippen LogP) is 1.57. The SMILES string of the molecule is CC(=NNC(=O)COc1ccccc1)c1c(O)cc(C)oc1=O. The van der Waals surface area contributed by atoms with Gasteiger partial charge in [-0.15, -0.1) is 0 Å². The average Bonchev–Trinajstić information content (AvgIpc) is 2.51. The molecule has 0 saturated heterocycles. The summed E-state index contributed by atoms with van der Waals surface area (Å²) in [6, 6.07) is 10.1. The standard InChI is InChI=1S/C16H16N2O5/c1-10-8-13(19)15(16(21)23-10)11(2)17-18-14(20)9-22-12-6-4-3-5-7-12/h3-8,19H,9H2,1-2H3,(H,18,20). The number of aryl methyl sites for hydroxylation is 1. The highest BCUT2D eigenvalue weighted by molar-refractivity contribution is 6.01. The minimum atomic E-state index is -0.724. The molecular weight excluding hydrogens is 300 g/mol. The largest absolute Gasteiger partial charge is 0.507 e. The second-order valence-electron chi connectivity index (χ2n) is 4.74. The van der Waals surface area contributed by atoms with Crippen molar-refractivity contribution in [3.63, 3.8) is 0 Å². The number of para-hydroxylation sites is 1. The molecule has 0 radical (unpaired) electrons. The fourth-order valence-electron chi connectivity index (χ4n) is 1.83. The van der Waals surface area contributed by atoms with Gasteiger partial charge in [-0.1, -0.05) is 18.2 Å². The monoisotopic (exact) mass is 316 g/mol. The Labute approximate surface area is 132 Å². The van der Waals surface area contributed by atoms with E-state index in [0.717, 1.165) is 0 Å². The van der Waals surface area contributed by atoms with Gasteiger partial charge >= 0.3 is 5.63 Å². The third kappa shape index (κ3) is 4.44. The molecule has 120 valence electrons. The Bertz CT molecular complexity index is 781. The maximum atomic E-state index is 11.7. The molecule has 0 aliphatic carbocycles. The minimum Gasteiger partial charge on any atom is -0.507 e. The first-order valence-corrected chi connectivity index (χ1v) is 6.82. The lowest BCUT2D eigenvalue weighted by Gasteiger charge is -2.06. The second kappa shape index (κ2) is 7.26. The van der Waals surface area contributed by atoms with E-state index in [2.05, 4.69) is 10.5 Å². The summed E-state index contributed by atoms with van der Waals surface area (Å²) >= 11 is 0. The molecule has 2 aromatic rings. The highest BCUT2D eigenvalue weighted by Gasteiger charge is 2.13. The van der Waals surface area contributed by atoms with Crippen LogP contribution in [0.15, 0.2) is 50.7 Å². The molecule has 23 heavy (non-hydrogen) atoms. The third-order valence-electron chi connectivity index (χ3n) is 2.88. The lowest BCUT2D eigenvalue weighted by Crippen LogP contribution is -2.26. The smallest absolute Gasteiger partial charge is 0.348 e. The fourth-order valence-corrected chi connectivity index (χ4v) is 1.83. The summed E-state index contributed by atoms with van der Waals surface area (Å²) in [6.45, 7) is 2.79. The first-order valence-electron chi connectivity index (χ1n) is 6.82. The van der Waals surface area contributed by atoms with Crippen LogP contribution in [0.1, 0.15) is 18.2 Å². The number of hydrogen-bond acceptors (Lipinski definition) is 6. The molecular formula is C16H16N2O5. The Morgan fingerprint density at radius 3 is 2.70 bits per heavy atom. The minimum absolute atomic E-state index is 0.0973. The van der Waals surface area contributed by atoms with Crippen molar-refractivity contribution < 1.29 is 19.1 Å². The number of benzene rings is 1. The van der Waals surface area contributed by atoms with E-state index in [0.29, 0.717) is 5.75 Å². The van der Waals surface area contributed by atoms with E-state index in [1.54, 1.807) is 31.2 Å². The van der Waals surface area contributed by atoms with Crippen LogP contribution in [0.4, 0.5) is 0 Å². The molecule has 1 amide bonds. The van der Waals surface area contributed by atoms with Gasteiger partial charge in [0.15, 0.2) is 6.61 Å². The molecule has 0 unspecified atom stereocenters. The van der Waals surface area contributed by atoms with Gasteiger partial charge in [-0.05, 0) is 26.0 Å². The van der Waals surface area contributed by atoms with Crippen LogP contribution in [0, 0.1) is 6.92 Å². The van der Waals surface area contributed by atoms with E-state index in [1.165, 1.54) is 13.0 Å². The first-order chi connectivity index (χ1) is 11.0. The summed E-state index contributed by atoms with van der Waals surface area (Å²) < 4.78 is 10.1. The van der Waals surface area contributed by atoms with E-state index >= 15 is 0 Å². The van der Waals surface area contributed by atoms with E-state index < -0.39 is 11.5 Å². The fraction of sp³-hybridized carbons (Fsp3) is 0.188. The Balaban J connectivity index is 1.99. The summed E-state index contributed by atoms with van der Waals surface area (Å²) in [4.78, 5) is 23.4. The summed E-state index contributed by atoms with van der Waals surface area (Å²) in [5.74, 6) is 0.0866. The number of aromatic hydroxyl groups is 1. The van der Waals surface area contributed by atoms with Gasteiger partial charge in [0.25, 0.3) is 5.91 Å². The highest BCUT2D eigenvalue weighted by atomic mass is 16.5. The summed E-state index contributed by atoms with van der Waals surface area (Å²) in [5.41, 5.74) is 1.56. The first kappa shape index (κ1) is 16.3. The average molecular weight is 316 g/mol. The molecule has 0 aliphatic rings. The zero-order chi connectivity index (χ0) is 16.8. The Morgan fingerprint density at radius 1 is 1.35 bits per heavy atom. The van der Waals surface area contributed by atoms with Crippen LogP contribution in [-0.4, -0.2) is 23.3 Å². The number of nitrogens with zero attached hydrogens (tertiary/aromatic N) is 1. The number of rotatable bonds is 5. The predicted molar refractivity (Wildman–Crippen MR) is 83.7 cm³/mol. The summed E-state index contributed by atoms with van der Waals surface area (Å²) in [6.07, 6.45) is 0. The van der Waals surface area contributed by atoms with E-state index in [9.17, 15) is 14.7 Å². The molecule has 7 nitrogen and oxygen atoms in total. The number of hydrazone groups is 1. The van der Waals surface area contributed by atoms with Crippen LogP contribution >= 0.6 is 0 Å². The number of carbonyl (C=O) groups excluding carboxylic acids is 1. The van der Waals surface area contributed by atoms with E-state index in [4.69, 9.17) is 9.15 Å². The number of carbonyl (C=O) groups is 1. The quantitative estimate of drug-likeness (QED) is 0.644. The molecule has 1 aromatic carbocycles. The molecule has 1 aromatic heterocycles. The van der Waals surface area contributed by atoms with Crippen molar-refractivity contribution in [2.24, 2.45) is 5.10 Å². The molecule has 0 bridgehead atoms. The lowest BCUT2D eigenvalue weighted by molar-refractivity contribution is -0.123. The molecule has 1 heterocycles. The van der Waals surface area contributed by atoms with Crippen molar-refractivity contribution in [2.75, 3.05) is 6.61 Å². The van der Waals surface area contributed by atoms with Gasteiger partial charge in [0.2, 0.25) is 0 Å². The van der Waals surface area contributed by atoms with Crippen molar-refractivity contribution in [2.45, 2.75) is 13.8 Å². The van der Waals surface area contributed by atoms with Gasteiger partial charge in [0, 0.05) is 6.07 Å². The number of nitrogens with one attached hydrogen (secondary N) is 1. The zero-order valence-corrected chi connectivity index (χ0v) is 12.7. The molecule has 2 N–H and O–H groups in total. The van der Waals surface area contributed by atoms with Gasteiger partial charge in [-0.3, -0.25) is 4.79 Å². The van der Waals surface area contributed by atoms with Gasteiger partial charge in [0.1, 0.15) is 22.8 Å². The van der Waals surface area contributed by atoms with Crippen molar-refractivity contribution in [1.82, 2.24) is 5.43 Å². The molecule has 0 aliphatic heterocycles. The molecule has 0 fully saturated rings. The van der Waals surface area contributed by atoms with Gasteiger partial charge in [-0.25, -0.2) is 10.2 Å². The second-order valence-corrected chi connectivity index (χ2v) is 4.74.